The zero-order valence-corrected chi connectivity index (χ0v) is 20.7. The molecule has 0 radical (unpaired) electrons. The van der Waals surface area contributed by atoms with Crippen LogP contribution < -0.4 is 10.1 Å². The van der Waals surface area contributed by atoms with E-state index >= 15 is 0 Å². The first-order chi connectivity index (χ1) is 16.2. The Morgan fingerprint density at radius 1 is 1.15 bits per heavy atom. The summed E-state index contributed by atoms with van der Waals surface area (Å²) in [7, 11) is 0. The zero-order valence-electron chi connectivity index (χ0n) is 19.1. The normalized spacial score (nSPS) is 10.8. The Balaban J connectivity index is 1.78. The lowest BCUT2D eigenvalue weighted by Gasteiger charge is -2.10. The van der Waals surface area contributed by atoms with E-state index in [1.807, 2.05) is 0 Å². The van der Waals surface area contributed by atoms with Gasteiger partial charge in [-0.3, -0.25) is 4.79 Å². The van der Waals surface area contributed by atoms with E-state index in [-0.39, 0.29) is 40.6 Å². The number of benzene rings is 1. The second-order valence-corrected chi connectivity index (χ2v) is 8.81. The van der Waals surface area contributed by atoms with Crippen LogP contribution in [0.5, 0.6) is 5.75 Å². The average Bonchev–Trinajstić information content (AvgIpc) is 3.37. The van der Waals surface area contributed by atoms with Crippen molar-refractivity contribution in [2.24, 2.45) is 0 Å². The van der Waals surface area contributed by atoms with Crippen LogP contribution >= 0.6 is 22.9 Å². The van der Waals surface area contributed by atoms with Crippen LogP contribution in [0.4, 0.5) is 5.00 Å². The Hall–Kier alpha value is -3.37. The molecular weight excluding hydrogens is 482 g/mol. The molecular formula is C23H24ClN3O6S. The Morgan fingerprint density at radius 3 is 2.50 bits per heavy atom. The summed E-state index contributed by atoms with van der Waals surface area (Å²) in [6.07, 6.45) is 1.21. The molecule has 1 N–H and O–H groups in total. The van der Waals surface area contributed by atoms with Gasteiger partial charge >= 0.3 is 11.9 Å². The fourth-order valence-electron chi connectivity index (χ4n) is 2.91. The average molecular weight is 506 g/mol. The monoisotopic (exact) mass is 505 g/mol. The Morgan fingerprint density at radius 2 is 1.85 bits per heavy atom. The number of hydrogen-bond acceptors (Lipinski definition) is 8. The van der Waals surface area contributed by atoms with E-state index in [4.69, 9.17) is 25.8 Å². The summed E-state index contributed by atoms with van der Waals surface area (Å²) < 4.78 is 17.4. The van der Waals surface area contributed by atoms with Crippen molar-refractivity contribution in [3.8, 4) is 5.75 Å². The fraction of sp³-hybridized carbons (Fsp3) is 0.304. The molecule has 34 heavy (non-hydrogen) atoms. The molecule has 0 bridgehead atoms. The number of thiophene rings is 1. The third kappa shape index (κ3) is 6.15. The number of rotatable bonds is 9. The number of nitrogens with one attached hydrogen (secondary N) is 1. The molecule has 0 spiro atoms. The van der Waals surface area contributed by atoms with E-state index in [9.17, 15) is 14.4 Å². The van der Waals surface area contributed by atoms with Crippen molar-refractivity contribution < 1.29 is 28.6 Å². The molecule has 0 fully saturated rings. The maximum atomic E-state index is 12.8. The molecule has 3 aromatic rings. The van der Waals surface area contributed by atoms with E-state index < -0.39 is 17.8 Å². The van der Waals surface area contributed by atoms with Crippen LogP contribution in [0.25, 0.3) is 0 Å². The zero-order chi connectivity index (χ0) is 24.8. The molecule has 9 nitrogen and oxygen atoms in total. The van der Waals surface area contributed by atoms with E-state index in [2.05, 4.69) is 10.4 Å². The van der Waals surface area contributed by atoms with Gasteiger partial charge in [-0.05, 0) is 63.6 Å². The second-order valence-electron chi connectivity index (χ2n) is 7.36. The van der Waals surface area contributed by atoms with Gasteiger partial charge in [0.2, 0.25) is 0 Å². The lowest BCUT2D eigenvalue weighted by atomic mass is 10.1. The molecule has 180 valence electrons. The van der Waals surface area contributed by atoms with Crippen LogP contribution in [0.3, 0.4) is 0 Å². The highest BCUT2D eigenvalue weighted by Crippen LogP contribution is 2.34. The molecule has 0 atom stereocenters. The quantitative estimate of drug-likeness (QED) is 0.410. The molecule has 1 amide bonds. The van der Waals surface area contributed by atoms with E-state index in [1.54, 1.807) is 58.2 Å². The minimum absolute atomic E-state index is 0.0754. The van der Waals surface area contributed by atoms with Crippen molar-refractivity contribution in [1.29, 1.82) is 0 Å². The SMILES string of the molecule is CCOC(=O)c1sc(NC(=O)c2ccn(COc3ccc(Cl)cc3)n2)c(C(=O)OC(C)C)c1C. The summed E-state index contributed by atoms with van der Waals surface area (Å²) in [5, 5.41) is 7.66. The highest BCUT2D eigenvalue weighted by molar-refractivity contribution is 7.18. The maximum Gasteiger partial charge on any atom is 0.348 e. The first-order valence-corrected chi connectivity index (χ1v) is 11.6. The number of amides is 1. The highest BCUT2D eigenvalue weighted by Gasteiger charge is 2.28. The number of carbonyl (C=O) groups is 3. The van der Waals surface area contributed by atoms with Crippen LogP contribution in [-0.2, 0) is 16.2 Å². The van der Waals surface area contributed by atoms with Gasteiger partial charge in [0, 0.05) is 11.2 Å². The van der Waals surface area contributed by atoms with Crippen LogP contribution in [0.1, 0.15) is 56.9 Å². The minimum atomic E-state index is -0.642. The lowest BCUT2D eigenvalue weighted by Crippen LogP contribution is -2.17. The van der Waals surface area contributed by atoms with Crippen LogP contribution in [-0.4, -0.2) is 40.3 Å². The van der Waals surface area contributed by atoms with Gasteiger partial charge in [0.05, 0.1) is 18.3 Å². The Labute approximate surface area is 205 Å². The van der Waals surface area contributed by atoms with E-state index in [0.29, 0.717) is 16.3 Å². The molecule has 0 saturated heterocycles. The maximum absolute atomic E-state index is 12.8. The van der Waals surface area contributed by atoms with Crippen molar-refractivity contribution in [1.82, 2.24) is 9.78 Å². The smallest absolute Gasteiger partial charge is 0.348 e. The largest absolute Gasteiger partial charge is 0.471 e. The Bertz CT molecular complexity index is 1190. The van der Waals surface area contributed by atoms with Crippen molar-refractivity contribution >= 4 is 45.8 Å². The van der Waals surface area contributed by atoms with Gasteiger partial charge in [0.1, 0.15) is 15.6 Å². The number of ether oxygens (including phenoxy) is 3. The summed E-state index contributed by atoms with van der Waals surface area (Å²) in [6.45, 7) is 6.97. The lowest BCUT2D eigenvalue weighted by molar-refractivity contribution is 0.0379. The van der Waals surface area contributed by atoms with Gasteiger partial charge < -0.3 is 19.5 Å². The van der Waals surface area contributed by atoms with Gasteiger partial charge in [0.25, 0.3) is 5.91 Å². The molecule has 0 unspecified atom stereocenters. The first-order valence-electron chi connectivity index (χ1n) is 10.4. The molecule has 1 aromatic carbocycles. The van der Waals surface area contributed by atoms with Crippen molar-refractivity contribution in [2.75, 3.05) is 11.9 Å². The van der Waals surface area contributed by atoms with Gasteiger partial charge in [-0.25, -0.2) is 14.3 Å². The van der Waals surface area contributed by atoms with Crippen molar-refractivity contribution in [2.45, 2.75) is 40.5 Å². The third-order valence-electron chi connectivity index (χ3n) is 4.43. The number of carbonyl (C=O) groups excluding carboxylic acids is 3. The molecule has 3 rings (SSSR count). The number of halogens is 1. The molecule has 0 aliphatic heterocycles. The number of anilines is 1. The Kier molecular flexibility index (Phi) is 8.30. The van der Waals surface area contributed by atoms with Gasteiger partial charge in [-0.1, -0.05) is 11.6 Å². The number of aromatic nitrogens is 2. The predicted octanol–water partition coefficient (Wildman–Crippen LogP) is 4.94. The van der Waals surface area contributed by atoms with E-state index in [0.717, 1.165) is 11.3 Å². The van der Waals surface area contributed by atoms with Crippen molar-refractivity contribution in [3.63, 3.8) is 0 Å². The van der Waals surface area contributed by atoms with Crippen LogP contribution in [0, 0.1) is 6.92 Å². The molecule has 2 heterocycles. The fourth-order valence-corrected chi connectivity index (χ4v) is 4.11. The molecule has 2 aromatic heterocycles. The number of hydrogen-bond donors (Lipinski definition) is 1. The first kappa shape index (κ1) is 25.3. The topological polar surface area (TPSA) is 109 Å². The van der Waals surface area contributed by atoms with E-state index in [1.165, 1.54) is 10.7 Å². The number of nitrogens with zero attached hydrogens (tertiary/aromatic N) is 2. The summed E-state index contributed by atoms with van der Waals surface area (Å²) in [5.41, 5.74) is 0.596. The van der Waals surface area contributed by atoms with Gasteiger partial charge in [-0.15, -0.1) is 11.3 Å². The summed E-state index contributed by atoms with van der Waals surface area (Å²) in [6, 6.07) is 8.36. The second kappa shape index (κ2) is 11.2. The molecule has 0 aliphatic carbocycles. The molecule has 11 heteroatoms. The van der Waals surface area contributed by atoms with Crippen LogP contribution in [0.2, 0.25) is 5.02 Å². The summed E-state index contributed by atoms with van der Waals surface area (Å²) in [4.78, 5) is 38.1. The minimum Gasteiger partial charge on any atom is -0.471 e. The van der Waals surface area contributed by atoms with Gasteiger partial charge in [-0.2, -0.15) is 5.10 Å². The number of esters is 2. The van der Waals surface area contributed by atoms with Gasteiger partial charge in [0.15, 0.2) is 12.4 Å². The highest BCUT2D eigenvalue weighted by atomic mass is 35.5. The molecule has 0 saturated carbocycles. The standard InChI is InChI=1S/C23H24ClN3O6S/c1-5-31-23(30)19-14(4)18(22(29)33-13(2)3)21(34-19)25-20(28)17-10-11-27(26-17)12-32-16-8-6-15(24)7-9-16/h6-11,13H,5,12H2,1-4H3,(H,25,28). The van der Waals surface area contributed by atoms with Crippen molar-refractivity contribution in [3.05, 3.63) is 63.2 Å². The summed E-state index contributed by atoms with van der Waals surface area (Å²) >= 11 is 6.81. The molecule has 0 aliphatic rings. The summed E-state index contributed by atoms with van der Waals surface area (Å²) in [5.74, 6) is -1.18. The predicted molar refractivity (Wildman–Crippen MR) is 128 cm³/mol. The van der Waals surface area contributed by atoms with Crippen LogP contribution in [0.15, 0.2) is 36.5 Å². The third-order valence-corrected chi connectivity index (χ3v) is 5.87.